The summed E-state index contributed by atoms with van der Waals surface area (Å²) < 4.78 is 27.4. The fraction of sp³-hybridized carbons (Fsp3) is 0.733. The molecule has 1 atom stereocenters. The van der Waals surface area contributed by atoms with Crippen LogP contribution in [-0.2, 0) is 42.9 Å². The number of imide groups is 2. The summed E-state index contributed by atoms with van der Waals surface area (Å²) >= 11 is 0. The highest BCUT2D eigenvalue weighted by Gasteiger charge is 2.45. The normalized spacial score (nSPS) is 15.1. The number of nitrogens with one attached hydrogen (secondary N) is 2. The molecule has 2 aliphatic heterocycles. The lowest BCUT2D eigenvalue weighted by atomic mass is 10.0. The Morgan fingerprint density at radius 1 is 0.627 bits per heavy atom. The van der Waals surface area contributed by atoms with Crippen molar-refractivity contribution in [1.82, 2.24) is 10.2 Å². The number of esters is 1. The van der Waals surface area contributed by atoms with Crippen LogP contribution in [-0.4, -0.2) is 106 Å². The predicted octanol–water partition coefficient (Wildman–Crippen LogP) is 7.46. The average molecular weight is 830 g/mol. The van der Waals surface area contributed by atoms with Crippen molar-refractivity contribution in [1.29, 1.82) is 0 Å². The molecule has 3 rings (SSSR count). The van der Waals surface area contributed by atoms with Gasteiger partial charge in [0, 0.05) is 25.9 Å². The van der Waals surface area contributed by atoms with Crippen LogP contribution in [0.3, 0.4) is 0 Å². The van der Waals surface area contributed by atoms with E-state index in [0.717, 1.165) is 30.6 Å². The Morgan fingerprint density at radius 3 is 1.71 bits per heavy atom. The summed E-state index contributed by atoms with van der Waals surface area (Å²) in [5.41, 5.74) is 0.388. The zero-order valence-electron chi connectivity index (χ0n) is 35.7. The van der Waals surface area contributed by atoms with Crippen molar-refractivity contribution >= 4 is 41.2 Å². The third-order valence-corrected chi connectivity index (χ3v) is 10.5. The van der Waals surface area contributed by atoms with Gasteiger partial charge in [-0.3, -0.25) is 39.0 Å². The molecule has 0 spiro atoms. The van der Waals surface area contributed by atoms with Gasteiger partial charge in [0.25, 0.3) is 11.8 Å². The Hall–Kier alpha value is -3.72. The maximum Gasteiger partial charge on any atom is 0.305 e. The summed E-state index contributed by atoms with van der Waals surface area (Å²) in [4.78, 5) is 75.5. The lowest BCUT2D eigenvalue weighted by molar-refractivity contribution is -0.145. The third kappa shape index (κ3) is 20.4. The fourth-order valence-electron chi connectivity index (χ4n) is 7.19. The number of nitrogens with zero attached hydrogens (tertiary/aromatic N) is 1. The first-order valence-electron chi connectivity index (χ1n) is 22.4. The molecular weight excluding hydrogens is 759 g/mol. The lowest BCUT2D eigenvalue weighted by Crippen LogP contribution is -2.54. The molecule has 5 amide bonds. The van der Waals surface area contributed by atoms with Gasteiger partial charge in [-0.15, -0.1) is 0 Å². The lowest BCUT2D eigenvalue weighted by Gasteiger charge is -2.27. The first kappa shape index (κ1) is 49.6. The number of hydrogen-bond donors (Lipinski definition) is 2. The summed E-state index contributed by atoms with van der Waals surface area (Å²) in [5.74, 6) is -2.86. The van der Waals surface area contributed by atoms with E-state index in [-0.39, 0.29) is 54.6 Å². The van der Waals surface area contributed by atoms with E-state index in [2.05, 4.69) is 17.6 Å². The van der Waals surface area contributed by atoms with Gasteiger partial charge in [-0.1, -0.05) is 109 Å². The van der Waals surface area contributed by atoms with Crippen molar-refractivity contribution in [3.8, 4) is 0 Å². The smallest absolute Gasteiger partial charge is 0.305 e. The number of unbranched alkanes of at least 4 members (excludes halogenated alkanes) is 16. The number of fused-ring (bicyclic) bond motifs is 1. The highest BCUT2D eigenvalue weighted by Crippen LogP contribution is 2.32. The molecule has 2 heterocycles. The minimum atomic E-state index is -1.07. The number of hydrogen-bond acceptors (Lipinski definition) is 11. The fourth-order valence-corrected chi connectivity index (χ4v) is 7.19. The van der Waals surface area contributed by atoms with Crippen molar-refractivity contribution in [3.05, 3.63) is 29.3 Å². The molecule has 1 fully saturated rings. The minimum Gasteiger partial charge on any atom is -0.463 e. The van der Waals surface area contributed by atoms with Crippen LogP contribution in [0.25, 0.3) is 0 Å². The Kier molecular flexibility index (Phi) is 26.2. The topological polar surface area (TPSA) is 176 Å². The Balaban J connectivity index is 1.03. The van der Waals surface area contributed by atoms with Crippen LogP contribution in [0, 0.1) is 0 Å². The Bertz CT molecular complexity index is 1420. The second-order valence-electron chi connectivity index (χ2n) is 15.4. The average Bonchev–Trinajstić information content (AvgIpc) is 3.47. The first-order valence-corrected chi connectivity index (χ1v) is 22.4. The Morgan fingerprint density at radius 2 is 1.14 bits per heavy atom. The molecule has 14 nitrogen and oxygen atoms in total. The molecule has 0 aromatic heterocycles. The molecule has 332 valence electrons. The SMILES string of the molecule is CCCCCCCCCCCCCCCCCC(=O)OCCOCCOCCOCCOCCCCCC(=O)Nc1cccc2c1C(=O)N(C1CCC(=O)NC1=O)C2=O. The van der Waals surface area contributed by atoms with E-state index in [1.165, 1.54) is 89.5 Å². The molecule has 0 bridgehead atoms. The number of benzene rings is 1. The van der Waals surface area contributed by atoms with E-state index < -0.39 is 29.7 Å². The summed E-state index contributed by atoms with van der Waals surface area (Å²) in [5, 5.41) is 4.91. The van der Waals surface area contributed by atoms with E-state index in [1.54, 1.807) is 12.1 Å². The molecule has 2 aliphatic rings. The molecule has 1 unspecified atom stereocenters. The standard InChI is InChI=1S/C45H71N3O11/c1-2-3-4-5-6-7-8-9-10-11-12-13-14-15-18-24-41(51)59-35-34-58-33-32-57-31-30-56-29-28-55-27-19-16-17-23-39(49)46-37-22-20-21-36-42(37)45(54)48(44(36)53)38-25-26-40(50)47-43(38)52/h20-22,38H,2-19,23-35H2,1H3,(H,46,49)(H,47,50,52). The van der Waals surface area contributed by atoms with Crippen LogP contribution in [0.15, 0.2) is 18.2 Å². The molecule has 1 aromatic rings. The summed E-state index contributed by atoms with van der Waals surface area (Å²) in [6.07, 6.45) is 22.4. The Labute approximate surface area is 351 Å². The molecule has 2 N–H and O–H groups in total. The van der Waals surface area contributed by atoms with E-state index >= 15 is 0 Å². The third-order valence-electron chi connectivity index (χ3n) is 10.5. The van der Waals surface area contributed by atoms with Gasteiger partial charge in [0.2, 0.25) is 17.7 Å². The summed E-state index contributed by atoms with van der Waals surface area (Å²) in [6, 6.07) is 3.54. The van der Waals surface area contributed by atoms with Crippen LogP contribution in [0.1, 0.15) is 169 Å². The van der Waals surface area contributed by atoms with Crippen LogP contribution in [0.4, 0.5) is 5.69 Å². The van der Waals surface area contributed by atoms with Crippen LogP contribution < -0.4 is 10.6 Å². The zero-order chi connectivity index (χ0) is 42.3. The van der Waals surface area contributed by atoms with Gasteiger partial charge in [-0.05, 0) is 37.8 Å². The predicted molar refractivity (Wildman–Crippen MR) is 224 cm³/mol. The van der Waals surface area contributed by atoms with Gasteiger partial charge >= 0.3 is 5.97 Å². The second kappa shape index (κ2) is 31.2. The number of carbonyl (C=O) groups is 6. The maximum atomic E-state index is 13.2. The van der Waals surface area contributed by atoms with Gasteiger partial charge in [0.05, 0.1) is 63.1 Å². The minimum absolute atomic E-state index is 0.0301. The van der Waals surface area contributed by atoms with Gasteiger partial charge in [-0.25, -0.2) is 0 Å². The van der Waals surface area contributed by atoms with E-state index in [0.29, 0.717) is 65.7 Å². The highest BCUT2D eigenvalue weighted by atomic mass is 16.6. The van der Waals surface area contributed by atoms with E-state index in [4.69, 9.17) is 23.7 Å². The van der Waals surface area contributed by atoms with Gasteiger partial charge in [-0.2, -0.15) is 0 Å². The quantitative estimate of drug-likeness (QED) is 0.0390. The number of carbonyl (C=O) groups excluding carboxylic acids is 6. The highest BCUT2D eigenvalue weighted by molar-refractivity contribution is 6.26. The molecule has 0 aliphatic carbocycles. The summed E-state index contributed by atoms with van der Waals surface area (Å²) in [7, 11) is 0. The number of piperidine rings is 1. The van der Waals surface area contributed by atoms with Crippen molar-refractivity contribution in [2.75, 3.05) is 64.8 Å². The van der Waals surface area contributed by atoms with E-state index in [9.17, 15) is 28.8 Å². The number of rotatable bonds is 36. The maximum absolute atomic E-state index is 13.2. The number of anilines is 1. The second-order valence-corrected chi connectivity index (χ2v) is 15.4. The molecule has 1 saturated heterocycles. The van der Waals surface area contributed by atoms with Gasteiger partial charge < -0.3 is 29.0 Å². The van der Waals surface area contributed by atoms with E-state index in [1.807, 2.05) is 0 Å². The van der Waals surface area contributed by atoms with Gasteiger partial charge in [0.1, 0.15) is 12.6 Å². The van der Waals surface area contributed by atoms with Crippen LogP contribution in [0.5, 0.6) is 0 Å². The first-order chi connectivity index (χ1) is 28.8. The van der Waals surface area contributed by atoms with Crippen LogP contribution >= 0.6 is 0 Å². The largest absolute Gasteiger partial charge is 0.463 e. The van der Waals surface area contributed by atoms with Gasteiger partial charge in [0.15, 0.2) is 0 Å². The van der Waals surface area contributed by atoms with Crippen molar-refractivity contribution in [2.45, 2.75) is 154 Å². The van der Waals surface area contributed by atoms with Crippen molar-refractivity contribution < 1.29 is 52.5 Å². The van der Waals surface area contributed by atoms with Crippen molar-refractivity contribution in [2.24, 2.45) is 0 Å². The molecule has 59 heavy (non-hydrogen) atoms. The monoisotopic (exact) mass is 830 g/mol. The molecule has 0 saturated carbocycles. The van der Waals surface area contributed by atoms with Crippen LogP contribution in [0.2, 0.25) is 0 Å². The summed E-state index contributed by atoms with van der Waals surface area (Å²) in [6.45, 7) is 6.02. The molecule has 1 aromatic carbocycles. The molecule has 0 radical (unpaired) electrons. The zero-order valence-corrected chi connectivity index (χ0v) is 35.7. The number of amides is 5. The van der Waals surface area contributed by atoms with Crippen molar-refractivity contribution in [3.63, 3.8) is 0 Å². The molecule has 14 heteroatoms. The molecular formula is C45H71N3O11. The number of ether oxygens (including phenoxy) is 5.